The number of thiazole rings is 1. The average Bonchev–Trinajstić information content (AvgIpc) is 3.29. The van der Waals surface area contributed by atoms with Crippen LogP contribution in [-0.4, -0.2) is 52.0 Å². The minimum atomic E-state index is -0.0150. The molecule has 1 saturated heterocycles. The van der Waals surface area contributed by atoms with Gasteiger partial charge in [-0.2, -0.15) is 0 Å². The number of piperidine rings is 1. The number of halogens is 1. The van der Waals surface area contributed by atoms with Crippen molar-refractivity contribution in [3.63, 3.8) is 0 Å². The number of imidazole rings is 1. The first-order valence-electron chi connectivity index (χ1n) is 9.04. The van der Waals surface area contributed by atoms with Crippen molar-refractivity contribution in [1.29, 1.82) is 0 Å². The van der Waals surface area contributed by atoms with E-state index in [1.54, 1.807) is 33.3 Å². The summed E-state index contributed by atoms with van der Waals surface area (Å²) < 4.78 is 2.92. The fourth-order valence-electron chi connectivity index (χ4n) is 3.53. The molecular weight excluding hydrogens is 382 g/mol. The molecule has 142 valence electrons. The van der Waals surface area contributed by atoms with Gasteiger partial charge in [0, 0.05) is 39.9 Å². The maximum absolute atomic E-state index is 12.5. The smallest absolute Gasteiger partial charge is 0.273 e. The maximum Gasteiger partial charge on any atom is 0.273 e. The third kappa shape index (κ3) is 3.80. The van der Waals surface area contributed by atoms with E-state index in [4.69, 9.17) is 16.6 Å². The minimum absolute atomic E-state index is 0.0150. The quantitative estimate of drug-likeness (QED) is 0.666. The van der Waals surface area contributed by atoms with Crippen molar-refractivity contribution in [2.24, 2.45) is 13.0 Å². The molecule has 1 fully saturated rings. The molecule has 8 heteroatoms. The Balaban J connectivity index is 1.35. The molecule has 6 nitrogen and oxygen atoms in total. The Hall–Kier alpha value is -2.12. The predicted molar refractivity (Wildman–Crippen MR) is 110 cm³/mol. The molecule has 3 aromatic rings. The molecular formula is C19H22ClN5OS. The van der Waals surface area contributed by atoms with Gasteiger partial charge in [-0.3, -0.25) is 4.79 Å². The van der Waals surface area contributed by atoms with Gasteiger partial charge >= 0.3 is 0 Å². The van der Waals surface area contributed by atoms with E-state index in [0.717, 1.165) is 47.8 Å². The topological polar surface area (TPSA) is 54.3 Å². The van der Waals surface area contributed by atoms with Crippen LogP contribution in [0.5, 0.6) is 0 Å². The summed E-state index contributed by atoms with van der Waals surface area (Å²) in [6.45, 7) is 2.66. The molecule has 0 radical (unpaired) electrons. The van der Waals surface area contributed by atoms with Crippen molar-refractivity contribution in [3.05, 3.63) is 41.4 Å². The normalized spacial score (nSPS) is 15.4. The molecule has 0 aliphatic carbocycles. The van der Waals surface area contributed by atoms with Crippen LogP contribution < -0.4 is 4.90 Å². The van der Waals surface area contributed by atoms with E-state index in [0.29, 0.717) is 16.6 Å². The van der Waals surface area contributed by atoms with E-state index >= 15 is 0 Å². The van der Waals surface area contributed by atoms with Crippen molar-refractivity contribution in [2.45, 2.75) is 12.8 Å². The lowest BCUT2D eigenvalue weighted by Gasteiger charge is -2.33. The highest BCUT2D eigenvalue weighted by Crippen LogP contribution is 2.34. The number of carbonyl (C=O) groups is 1. The summed E-state index contributed by atoms with van der Waals surface area (Å²) in [5.74, 6) is 0.482. The molecule has 4 rings (SSSR count). The van der Waals surface area contributed by atoms with E-state index in [9.17, 15) is 4.79 Å². The van der Waals surface area contributed by atoms with Crippen LogP contribution >= 0.6 is 22.9 Å². The van der Waals surface area contributed by atoms with Crippen LogP contribution in [-0.2, 0) is 7.05 Å². The van der Waals surface area contributed by atoms with Crippen molar-refractivity contribution in [2.75, 3.05) is 31.6 Å². The molecule has 0 atom stereocenters. The lowest BCUT2D eigenvalue weighted by atomic mass is 9.96. The fourth-order valence-corrected chi connectivity index (χ4v) is 4.85. The minimum Gasteiger partial charge on any atom is -0.348 e. The maximum atomic E-state index is 12.5. The van der Waals surface area contributed by atoms with Crippen LogP contribution in [0.25, 0.3) is 10.2 Å². The van der Waals surface area contributed by atoms with Crippen LogP contribution in [0, 0.1) is 5.92 Å². The van der Waals surface area contributed by atoms with Crippen LogP contribution in [0.4, 0.5) is 5.13 Å². The number of rotatable bonds is 4. The monoisotopic (exact) mass is 403 g/mol. The Morgan fingerprint density at radius 3 is 2.81 bits per heavy atom. The molecule has 0 N–H and O–H groups in total. The molecule has 3 heterocycles. The van der Waals surface area contributed by atoms with Gasteiger partial charge in [0.1, 0.15) is 11.2 Å². The molecule has 2 aromatic heterocycles. The summed E-state index contributed by atoms with van der Waals surface area (Å²) in [4.78, 5) is 25.5. The van der Waals surface area contributed by atoms with Gasteiger partial charge in [0.25, 0.3) is 5.91 Å². The molecule has 0 spiro atoms. The molecule has 0 unspecified atom stereocenters. The Morgan fingerprint density at radius 1 is 1.37 bits per heavy atom. The number of anilines is 1. The largest absolute Gasteiger partial charge is 0.348 e. The summed E-state index contributed by atoms with van der Waals surface area (Å²) in [6, 6.07) is 5.91. The second kappa shape index (κ2) is 7.48. The first kappa shape index (κ1) is 18.3. The van der Waals surface area contributed by atoms with Gasteiger partial charge in [-0.25, -0.2) is 9.97 Å². The second-order valence-electron chi connectivity index (χ2n) is 7.12. The van der Waals surface area contributed by atoms with Gasteiger partial charge < -0.3 is 14.4 Å². The highest BCUT2D eigenvalue weighted by Gasteiger charge is 2.25. The molecule has 1 aromatic carbocycles. The molecule has 1 amide bonds. The van der Waals surface area contributed by atoms with E-state index in [1.807, 2.05) is 26.2 Å². The van der Waals surface area contributed by atoms with E-state index in [1.165, 1.54) is 0 Å². The summed E-state index contributed by atoms with van der Waals surface area (Å²) in [5.41, 5.74) is 1.39. The Bertz CT molecular complexity index is 960. The predicted octanol–water partition coefficient (Wildman–Crippen LogP) is 3.67. The highest BCUT2D eigenvalue weighted by molar-refractivity contribution is 7.22. The zero-order valence-electron chi connectivity index (χ0n) is 15.4. The number of carbonyl (C=O) groups excluding carboxylic acids is 1. The van der Waals surface area contributed by atoms with E-state index < -0.39 is 0 Å². The lowest BCUT2D eigenvalue weighted by Crippen LogP contribution is -2.39. The second-order valence-corrected chi connectivity index (χ2v) is 8.54. The first-order valence-corrected chi connectivity index (χ1v) is 10.2. The zero-order valence-corrected chi connectivity index (χ0v) is 17.0. The van der Waals surface area contributed by atoms with Gasteiger partial charge in [-0.15, -0.1) is 0 Å². The number of hydrogen-bond acceptors (Lipinski definition) is 5. The van der Waals surface area contributed by atoms with Gasteiger partial charge in [-0.05, 0) is 30.9 Å². The third-order valence-electron chi connectivity index (χ3n) is 5.05. The zero-order chi connectivity index (χ0) is 19.0. The van der Waals surface area contributed by atoms with Crippen LogP contribution in [0.3, 0.4) is 0 Å². The van der Waals surface area contributed by atoms with Crippen molar-refractivity contribution in [1.82, 2.24) is 19.4 Å². The Kier molecular flexibility index (Phi) is 5.06. The number of benzene rings is 1. The van der Waals surface area contributed by atoms with Crippen LogP contribution in [0.15, 0.2) is 30.7 Å². The van der Waals surface area contributed by atoms with Gasteiger partial charge in [-0.1, -0.05) is 29.0 Å². The summed E-state index contributed by atoms with van der Waals surface area (Å²) >= 11 is 7.95. The molecule has 0 saturated carbocycles. The molecule has 1 aliphatic heterocycles. The van der Waals surface area contributed by atoms with Crippen molar-refractivity contribution < 1.29 is 4.79 Å². The number of aryl methyl sites for hydroxylation is 1. The summed E-state index contributed by atoms with van der Waals surface area (Å²) in [7, 11) is 3.73. The number of aromatic nitrogens is 3. The number of hydrogen-bond donors (Lipinski definition) is 0. The molecule has 0 bridgehead atoms. The highest BCUT2D eigenvalue weighted by atomic mass is 35.5. The van der Waals surface area contributed by atoms with Crippen molar-refractivity contribution in [3.8, 4) is 0 Å². The molecule has 1 aliphatic rings. The fraction of sp³-hybridized carbons (Fsp3) is 0.421. The number of fused-ring (bicyclic) bond motifs is 1. The van der Waals surface area contributed by atoms with Gasteiger partial charge in [0.15, 0.2) is 5.13 Å². The lowest BCUT2D eigenvalue weighted by molar-refractivity contribution is 0.0759. The van der Waals surface area contributed by atoms with E-state index in [-0.39, 0.29) is 5.91 Å². The number of para-hydroxylation sites is 1. The van der Waals surface area contributed by atoms with Gasteiger partial charge in [0.2, 0.25) is 0 Å². The summed E-state index contributed by atoms with van der Waals surface area (Å²) in [5, 5.41) is 1.74. The average molecular weight is 404 g/mol. The Morgan fingerprint density at radius 2 is 2.15 bits per heavy atom. The first-order chi connectivity index (χ1) is 13.0. The standard InChI is InChI=1S/C19H22ClN5OS/c1-23-11-15(21-12-23)18(26)24(2)10-13-6-8-25(9-7-13)19-22-17-14(20)4-3-5-16(17)27-19/h3-5,11-13H,6-10H2,1-2H3. The summed E-state index contributed by atoms with van der Waals surface area (Å²) in [6.07, 6.45) is 5.51. The van der Waals surface area contributed by atoms with Gasteiger partial charge in [0.05, 0.1) is 16.0 Å². The van der Waals surface area contributed by atoms with Crippen LogP contribution in [0.1, 0.15) is 23.3 Å². The number of nitrogens with zero attached hydrogens (tertiary/aromatic N) is 5. The van der Waals surface area contributed by atoms with E-state index in [2.05, 4.69) is 16.0 Å². The third-order valence-corrected chi connectivity index (χ3v) is 6.43. The Labute approximate surface area is 167 Å². The number of amides is 1. The van der Waals surface area contributed by atoms with Crippen LogP contribution in [0.2, 0.25) is 5.02 Å². The SMILES string of the molecule is CN(CC1CCN(c2nc3c(Cl)cccc3s2)CC1)C(=O)c1cn(C)cn1. The van der Waals surface area contributed by atoms with Crippen molar-refractivity contribution >= 4 is 44.2 Å². The molecule has 27 heavy (non-hydrogen) atoms.